The van der Waals surface area contributed by atoms with E-state index >= 15 is 0 Å². The van der Waals surface area contributed by atoms with Crippen molar-refractivity contribution >= 4 is 27.2 Å². The number of sulfone groups is 1. The minimum atomic E-state index is -3.64. The number of nitrogens with zero attached hydrogens (tertiary/aromatic N) is 3. The largest absolute Gasteiger partial charge is 0.383 e. The molecular weight excluding hydrogens is 460 g/mol. The third-order valence-electron chi connectivity index (χ3n) is 5.89. The van der Waals surface area contributed by atoms with E-state index in [2.05, 4.69) is 15.2 Å². The number of hydrogen-bond acceptors (Lipinski definition) is 6. The van der Waals surface area contributed by atoms with Gasteiger partial charge in [-0.25, -0.2) is 13.4 Å². The maximum atomic E-state index is 13.3. The highest BCUT2D eigenvalue weighted by Gasteiger charge is 2.29. The number of thiocarbonyl (C=S) groups is 1. The van der Waals surface area contributed by atoms with Crippen molar-refractivity contribution in [2.75, 3.05) is 26.9 Å². The van der Waals surface area contributed by atoms with E-state index in [4.69, 9.17) is 21.7 Å². The zero-order valence-corrected chi connectivity index (χ0v) is 20.6. The highest BCUT2D eigenvalue weighted by Crippen LogP contribution is 2.22. The first-order valence-corrected chi connectivity index (χ1v) is 13.5. The van der Waals surface area contributed by atoms with Crippen molar-refractivity contribution < 1.29 is 17.9 Å². The molecule has 180 valence electrons. The highest BCUT2D eigenvalue weighted by atomic mass is 32.2. The Morgan fingerprint density at radius 2 is 2.09 bits per heavy atom. The molecular formula is C23H32N4O4S2. The number of benzene rings is 1. The van der Waals surface area contributed by atoms with Gasteiger partial charge >= 0.3 is 0 Å². The van der Waals surface area contributed by atoms with Crippen molar-refractivity contribution in [3.63, 3.8) is 0 Å². The number of methoxy groups -OCH3 is 1. The summed E-state index contributed by atoms with van der Waals surface area (Å²) in [6.45, 7) is 2.67. The standard InChI is InChI=1S/C23H32N4O4S2/c1-30-13-11-27-20(14-24-23(27)33(28,29)17-18-6-3-2-4-7-18)15-26(16-21-8-5-12-31-21)22(32)25-19-9-10-19/h2-4,6-7,14,19,21H,5,8-13,15-17H2,1H3,(H,25,32). The molecule has 2 fully saturated rings. The van der Waals surface area contributed by atoms with Crippen LogP contribution in [0.25, 0.3) is 0 Å². The summed E-state index contributed by atoms with van der Waals surface area (Å²) in [5.41, 5.74) is 1.52. The molecule has 0 spiro atoms. The van der Waals surface area contributed by atoms with E-state index in [-0.39, 0.29) is 17.0 Å². The molecule has 1 aliphatic heterocycles. The van der Waals surface area contributed by atoms with Crippen molar-refractivity contribution in [1.29, 1.82) is 0 Å². The zero-order chi connectivity index (χ0) is 23.3. The maximum Gasteiger partial charge on any atom is 0.228 e. The summed E-state index contributed by atoms with van der Waals surface area (Å²) in [5, 5.41) is 4.16. The van der Waals surface area contributed by atoms with Crippen LogP contribution in [0.4, 0.5) is 0 Å². The van der Waals surface area contributed by atoms with Crippen LogP contribution in [0.15, 0.2) is 41.7 Å². The fourth-order valence-corrected chi connectivity index (χ4v) is 5.81. The van der Waals surface area contributed by atoms with Crippen LogP contribution in [-0.4, -0.2) is 67.0 Å². The third-order valence-corrected chi connectivity index (χ3v) is 7.86. The molecule has 10 heteroatoms. The Kier molecular flexibility index (Phi) is 8.00. The van der Waals surface area contributed by atoms with Gasteiger partial charge in [0.25, 0.3) is 0 Å². The monoisotopic (exact) mass is 492 g/mol. The Hall–Kier alpha value is -2.01. The molecule has 1 aliphatic carbocycles. The average Bonchev–Trinajstić information content (AvgIpc) is 3.28. The van der Waals surface area contributed by atoms with Crippen LogP contribution in [0.1, 0.15) is 36.9 Å². The molecule has 0 amide bonds. The molecule has 1 saturated carbocycles. The number of rotatable bonds is 11. The van der Waals surface area contributed by atoms with Gasteiger partial charge in [-0.3, -0.25) is 0 Å². The summed E-state index contributed by atoms with van der Waals surface area (Å²) in [4.78, 5) is 6.43. The van der Waals surface area contributed by atoms with Crippen molar-refractivity contribution in [3.8, 4) is 0 Å². The molecule has 1 aromatic carbocycles. The minimum absolute atomic E-state index is 0.0662. The van der Waals surface area contributed by atoms with Crippen molar-refractivity contribution in [2.24, 2.45) is 0 Å². The molecule has 0 radical (unpaired) electrons. The van der Waals surface area contributed by atoms with Crippen LogP contribution in [0.3, 0.4) is 0 Å². The Balaban J connectivity index is 1.58. The van der Waals surface area contributed by atoms with E-state index in [1.54, 1.807) is 17.9 Å². The Morgan fingerprint density at radius 3 is 2.76 bits per heavy atom. The van der Waals surface area contributed by atoms with Gasteiger partial charge in [-0.2, -0.15) is 0 Å². The molecule has 0 bridgehead atoms. The summed E-state index contributed by atoms with van der Waals surface area (Å²) in [6, 6.07) is 9.60. The number of nitrogens with one attached hydrogen (secondary N) is 1. The molecule has 1 saturated heterocycles. The van der Waals surface area contributed by atoms with Gasteiger partial charge < -0.3 is 24.3 Å². The second-order valence-corrected chi connectivity index (χ2v) is 10.9. The predicted octanol–water partition coefficient (Wildman–Crippen LogP) is 2.52. The van der Waals surface area contributed by atoms with Gasteiger partial charge in [-0.1, -0.05) is 30.3 Å². The van der Waals surface area contributed by atoms with E-state index in [0.29, 0.717) is 37.4 Å². The smallest absolute Gasteiger partial charge is 0.228 e. The normalized spacial score (nSPS) is 18.4. The second kappa shape index (κ2) is 10.9. The Labute approximate surface area is 201 Å². The molecule has 1 N–H and O–H groups in total. The summed E-state index contributed by atoms with van der Waals surface area (Å²) < 4.78 is 39.4. The highest BCUT2D eigenvalue weighted by molar-refractivity contribution is 7.90. The van der Waals surface area contributed by atoms with E-state index in [9.17, 15) is 8.42 Å². The Bertz CT molecular complexity index is 1030. The lowest BCUT2D eigenvalue weighted by Gasteiger charge is -2.28. The lowest BCUT2D eigenvalue weighted by Crippen LogP contribution is -2.44. The molecule has 2 aliphatic rings. The minimum Gasteiger partial charge on any atom is -0.383 e. The van der Waals surface area contributed by atoms with Gasteiger partial charge in [-0.05, 0) is 43.5 Å². The Morgan fingerprint density at radius 1 is 1.30 bits per heavy atom. The number of aromatic nitrogens is 2. The van der Waals surface area contributed by atoms with Crippen LogP contribution < -0.4 is 5.32 Å². The lowest BCUT2D eigenvalue weighted by molar-refractivity contribution is 0.0890. The fourth-order valence-electron chi connectivity index (χ4n) is 3.99. The summed E-state index contributed by atoms with van der Waals surface area (Å²) in [5.74, 6) is -0.0987. The van der Waals surface area contributed by atoms with E-state index in [1.165, 1.54) is 0 Å². The number of imidazole rings is 1. The van der Waals surface area contributed by atoms with Gasteiger partial charge in [0.15, 0.2) is 5.11 Å². The number of hydrogen-bond donors (Lipinski definition) is 1. The SMILES string of the molecule is COCCn1c(CN(CC2CCCO2)C(=S)NC2CC2)cnc1S(=O)(=O)Cc1ccccc1. The quantitative estimate of drug-likeness (QED) is 0.479. The molecule has 2 aromatic rings. The maximum absolute atomic E-state index is 13.3. The van der Waals surface area contributed by atoms with Crippen LogP contribution in [0, 0.1) is 0 Å². The van der Waals surface area contributed by atoms with Crippen LogP contribution >= 0.6 is 12.2 Å². The summed E-state index contributed by atoms with van der Waals surface area (Å²) in [7, 11) is -2.03. The molecule has 33 heavy (non-hydrogen) atoms. The first kappa shape index (κ1) is 24.1. The molecule has 2 heterocycles. The molecule has 1 aromatic heterocycles. The molecule has 1 unspecified atom stereocenters. The van der Waals surface area contributed by atoms with Crippen LogP contribution in [0.5, 0.6) is 0 Å². The van der Waals surface area contributed by atoms with Crippen LogP contribution in [0.2, 0.25) is 0 Å². The lowest BCUT2D eigenvalue weighted by atomic mass is 10.2. The van der Waals surface area contributed by atoms with E-state index < -0.39 is 9.84 Å². The van der Waals surface area contributed by atoms with Gasteiger partial charge in [0.05, 0.1) is 36.9 Å². The van der Waals surface area contributed by atoms with Crippen molar-refractivity contribution in [2.45, 2.75) is 61.8 Å². The van der Waals surface area contributed by atoms with Gasteiger partial charge in [-0.15, -0.1) is 0 Å². The average molecular weight is 493 g/mol. The van der Waals surface area contributed by atoms with Crippen molar-refractivity contribution in [3.05, 3.63) is 47.8 Å². The predicted molar refractivity (Wildman–Crippen MR) is 130 cm³/mol. The topological polar surface area (TPSA) is 85.7 Å². The van der Waals surface area contributed by atoms with E-state index in [0.717, 1.165) is 43.5 Å². The zero-order valence-electron chi connectivity index (χ0n) is 19.0. The number of ether oxygens (including phenoxy) is 2. The van der Waals surface area contributed by atoms with Crippen molar-refractivity contribution in [1.82, 2.24) is 19.8 Å². The first-order valence-electron chi connectivity index (χ1n) is 11.4. The fraction of sp³-hybridized carbons (Fsp3) is 0.565. The third kappa shape index (κ3) is 6.53. The first-order chi connectivity index (χ1) is 16.0. The summed E-state index contributed by atoms with van der Waals surface area (Å²) >= 11 is 5.71. The van der Waals surface area contributed by atoms with Gasteiger partial charge in [0.2, 0.25) is 15.0 Å². The molecule has 8 nitrogen and oxygen atoms in total. The second-order valence-electron chi connectivity index (χ2n) is 8.66. The van der Waals surface area contributed by atoms with Gasteiger partial charge in [0, 0.05) is 32.8 Å². The molecule has 1 atom stereocenters. The van der Waals surface area contributed by atoms with Gasteiger partial charge in [0.1, 0.15) is 0 Å². The van der Waals surface area contributed by atoms with Crippen LogP contribution in [-0.2, 0) is 38.2 Å². The molecule has 4 rings (SSSR count). The summed E-state index contributed by atoms with van der Waals surface area (Å²) in [6.07, 6.45) is 6.08. The van der Waals surface area contributed by atoms with E-state index in [1.807, 2.05) is 30.3 Å².